The third-order valence-electron chi connectivity index (χ3n) is 3.19. The molecule has 1 heterocycles. The van der Waals surface area contributed by atoms with Crippen LogP contribution in [0.25, 0.3) is 0 Å². The lowest BCUT2D eigenvalue weighted by Crippen LogP contribution is -2.49. The maximum atomic E-state index is 12.2. The van der Waals surface area contributed by atoms with Gasteiger partial charge in [0.05, 0.1) is 7.11 Å². The number of carbonyl (C=O) groups is 1. The average Bonchev–Trinajstić information content (AvgIpc) is 2.35. The molecule has 1 N–H and O–H groups in total. The van der Waals surface area contributed by atoms with Gasteiger partial charge >= 0.3 is 6.03 Å². The first-order valence-corrected chi connectivity index (χ1v) is 6.62. The van der Waals surface area contributed by atoms with E-state index in [1.165, 1.54) is 11.1 Å². The van der Waals surface area contributed by atoms with Crippen molar-refractivity contribution in [1.82, 2.24) is 10.2 Å². The van der Waals surface area contributed by atoms with Gasteiger partial charge in [0.25, 0.3) is 0 Å². The van der Waals surface area contributed by atoms with Crippen LogP contribution in [0.3, 0.4) is 0 Å². The summed E-state index contributed by atoms with van der Waals surface area (Å²) in [5, 5.41) is 3.00. The number of fused-ring (bicyclic) bond motifs is 1. The maximum Gasteiger partial charge on any atom is 0.318 e. The number of nitrogens with one attached hydrogen (secondary N) is 1. The van der Waals surface area contributed by atoms with Crippen molar-refractivity contribution in [2.45, 2.75) is 39.3 Å². The molecule has 0 fully saturated rings. The zero-order valence-corrected chi connectivity index (χ0v) is 12.1. The van der Waals surface area contributed by atoms with Crippen molar-refractivity contribution in [1.29, 1.82) is 0 Å². The minimum absolute atomic E-state index is 0.000898. The second-order valence-electron chi connectivity index (χ2n) is 5.99. The molecule has 1 aromatic rings. The van der Waals surface area contributed by atoms with Gasteiger partial charge in [-0.25, -0.2) is 4.79 Å². The van der Waals surface area contributed by atoms with Crippen LogP contribution in [0.2, 0.25) is 0 Å². The van der Waals surface area contributed by atoms with Crippen molar-refractivity contribution in [3.05, 3.63) is 29.3 Å². The van der Waals surface area contributed by atoms with Gasteiger partial charge in [-0.05, 0) is 50.5 Å². The fraction of sp³-hybridized carbons (Fsp3) is 0.533. The number of benzene rings is 1. The van der Waals surface area contributed by atoms with E-state index in [0.717, 1.165) is 18.7 Å². The van der Waals surface area contributed by atoms with Gasteiger partial charge in [-0.3, -0.25) is 0 Å². The lowest BCUT2D eigenvalue weighted by atomic mass is 9.99. The molecule has 0 spiro atoms. The molecule has 4 heteroatoms. The van der Waals surface area contributed by atoms with E-state index in [1.54, 1.807) is 7.11 Å². The van der Waals surface area contributed by atoms with Gasteiger partial charge in [0.1, 0.15) is 5.75 Å². The van der Waals surface area contributed by atoms with Gasteiger partial charge in [-0.2, -0.15) is 0 Å². The van der Waals surface area contributed by atoms with E-state index in [-0.39, 0.29) is 11.6 Å². The van der Waals surface area contributed by atoms with Crippen LogP contribution < -0.4 is 10.1 Å². The molecule has 19 heavy (non-hydrogen) atoms. The molecule has 0 radical (unpaired) electrons. The van der Waals surface area contributed by atoms with Gasteiger partial charge in [-0.15, -0.1) is 0 Å². The summed E-state index contributed by atoms with van der Waals surface area (Å²) >= 11 is 0. The van der Waals surface area contributed by atoms with Crippen LogP contribution in [0.15, 0.2) is 18.2 Å². The predicted octanol–water partition coefficient (Wildman–Crippen LogP) is 2.56. The second kappa shape index (κ2) is 5.11. The number of amides is 2. The number of rotatable bonds is 1. The van der Waals surface area contributed by atoms with Gasteiger partial charge in [0.2, 0.25) is 0 Å². The Kier molecular flexibility index (Phi) is 3.69. The lowest BCUT2D eigenvalue weighted by Gasteiger charge is -2.32. The number of methoxy groups -OCH3 is 1. The predicted molar refractivity (Wildman–Crippen MR) is 75.4 cm³/mol. The van der Waals surface area contributed by atoms with Gasteiger partial charge in [0.15, 0.2) is 0 Å². The van der Waals surface area contributed by atoms with E-state index < -0.39 is 0 Å². The average molecular weight is 262 g/mol. The van der Waals surface area contributed by atoms with Gasteiger partial charge in [0, 0.05) is 18.6 Å². The Balaban J connectivity index is 2.10. The summed E-state index contributed by atoms with van der Waals surface area (Å²) in [6.07, 6.45) is 0.900. The Labute approximate surface area is 114 Å². The highest BCUT2D eigenvalue weighted by molar-refractivity contribution is 5.75. The van der Waals surface area contributed by atoms with E-state index in [4.69, 9.17) is 4.74 Å². The number of carbonyl (C=O) groups excluding carboxylic acids is 1. The molecule has 0 bridgehead atoms. The summed E-state index contributed by atoms with van der Waals surface area (Å²) in [4.78, 5) is 14.0. The molecular weight excluding hydrogens is 240 g/mol. The van der Waals surface area contributed by atoms with Crippen molar-refractivity contribution in [3.63, 3.8) is 0 Å². The summed E-state index contributed by atoms with van der Waals surface area (Å²) in [5.74, 6) is 0.844. The number of nitrogens with zero attached hydrogens (tertiary/aromatic N) is 1. The highest BCUT2D eigenvalue weighted by Gasteiger charge is 2.23. The van der Waals surface area contributed by atoms with Crippen LogP contribution in [-0.2, 0) is 13.0 Å². The highest BCUT2D eigenvalue weighted by Crippen LogP contribution is 2.23. The van der Waals surface area contributed by atoms with Crippen LogP contribution in [0.5, 0.6) is 5.75 Å². The zero-order chi connectivity index (χ0) is 14.0. The van der Waals surface area contributed by atoms with Crippen molar-refractivity contribution in [2.75, 3.05) is 13.7 Å². The Morgan fingerprint density at radius 3 is 2.68 bits per heavy atom. The first-order chi connectivity index (χ1) is 8.89. The quantitative estimate of drug-likeness (QED) is 0.845. The third kappa shape index (κ3) is 3.40. The van der Waals surface area contributed by atoms with Crippen molar-refractivity contribution in [3.8, 4) is 5.75 Å². The summed E-state index contributed by atoms with van der Waals surface area (Å²) in [6, 6.07) is 6.09. The normalized spacial score (nSPS) is 14.8. The SMILES string of the molecule is COc1ccc2c(c1)CN(C(=O)NC(C)(C)C)CC2. The Bertz CT molecular complexity index is 478. The Hall–Kier alpha value is -1.71. The monoisotopic (exact) mass is 262 g/mol. The Morgan fingerprint density at radius 2 is 2.05 bits per heavy atom. The first-order valence-electron chi connectivity index (χ1n) is 6.62. The van der Waals surface area contributed by atoms with E-state index in [2.05, 4.69) is 11.4 Å². The molecule has 0 aromatic heterocycles. The van der Waals surface area contributed by atoms with E-state index in [0.29, 0.717) is 6.54 Å². The van der Waals surface area contributed by atoms with Crippen molar-refractivity contribution in [2.24, 2.45) is 0 Å². The first kappa shape index (κ1) is 13.7. The minimum Gasteiger partial charge on any atom is -0.497 e. The second-order valence-corrected chi connectivity index (χ2v) is 5.99. The topological polar surface area (TPSA) is 41.6 Å². The molecule has 0 saturated carbocycles. The molecule has 4 nitrogen and oxygen atoms in total. The van der Waals surface area contributed by atoms with Gasteiger partial charge in [-0.1, -0.05) is 6.07 Å². The van der Waals surface area contributed by atoms with E-state index in [9.17, 15) is 4.79 Å². The minimum atomic E-state index is -0.203. The van der Waals surface area contributed by atoms with Crippen LogP contribution in [0.1, 0.15) is 31.9 Å². The van der Waals surface area contributed by atoms with Crippen LogP contribution in [-0.4, -0.2) is 30.1 Å². The van der Waals surface area contributed by atoms with Crippen molar-refractivity contribution < 1.29 is 9.53 Å². The summed E-state index contributed by atoms with van der Waals surface area (Å²) in [6.45, 7) is 7.39. The molecule has 2 amide bonds. The summed E-state index contributed by atoms with van der Waals surface area (Å²) in [5.41, 5.74) is 2.28. The molecule has 1 aromatic carbocycles. The van der Waals surface area contributed by atoms with Crippen LogP contribution in [0, 0.1) is 0 Å². The maximum absolute atomic E-state index is 12.2. The fourth-order valence-electron chi connectivity index (χ4n) is 2.23. The molecule has 0 atom stereocenters. The number of ether oxygens (including phenoxy) is 1. The van der Waals surface area contributed by atoms with E-state index in [1.807, 2.05) is 37.8 Å². The fourth-order valence-corrected chi connectivity index (χ4v) is 2.23. The van der Waals surface area contributed by atoms with Crippen LogP contribution >= 0.6 is 0 Å². The molecule has 104 valence electrons. The molecule has 1 aliphatic heterocycles. The largest absolute Gasteiger partial charge is 0.497 e. The molecule has 2 rings (SSSR count). The molecule has 0 unspecified atom stereocenters. The lowest BCUT2D eigenvalue weighted by molar-refractivity contribution is 0.183. The number of hydrogen-bond acceptors (Lipinski definition) is 2. The summed E-state index contributed by atoms with van der Waals surface area (Å²) in [7, 11) is 1.66. The summed E-state index contributed by atoms with van der Waals surface area (Å²) < 4.78 is 5.24. The van der Waals surface area contributed by atoms with E-state index >= 15 is 0 Å². The molecule has 1 aliphatic rings. The van der Waals surface area contributed by atoms with Crippen molar-refractivity contribution >= 4 is 6.03 Å². The molecular formula is C15H22N2O2. The molecule has 0 aliphatic carbocycles. The number of urea groups is 1. The Morgan fingerprint density at radius 1 is 1.32 bits per heavy atom. The van der Waals surface area contributed by atoms with Gasteiger partial charge < -0.3 is 15.0 Å². The smallest absolute Gasteiger partial charge is 0.318 e. The van der Waals surface area contributed by atoms with Crippen LogP contribution in [0.4, 0.5) is 4.79 Å². The molecule has 0 saturated heterocycles. The zero-order valence-electron chi connectivity index (χ0n) is 12.1. The number of hydrogen-bond donors (Lipinski definition) is 1. The highest BCUT2D eigenvalue weighted by atomic mass is 16.5. The standard InChI is InChI=1S/C15H22N2O2/c1-15(2,3)16-14(18)17-8-7-11-5-6-13(19-4)9-12(11)10-17/h5-6,9H,7-8,10H2,1-4H3,(H,16,18). The third-order valence-corrected chi connectivity index (χ3v) is 3.19.